The minimum absolute atomic E-state index is 0.138. The molecule has 0 radical (unpaired) electrons. The van der Waals surface area contributed by atoms with Crippen molar-refractivity contribution in [2.24, 2.45) is 0 Å². The molecule has 0 aromatic heterocycles. The van der Waals surface area contributed by atoms with Crippen molar-refractivity contribution in [1.82, 2.24) is 4.90 Å². The van der Waals surface area contributed by atoms with Gasteiger partial charge in [-0.2, -0.15) is 0 Å². The van der Waals surface area contributed by atoms with Gasteiger partial charge >= 0.3 is 0 Å². The molecule has 1 rings (SSSR count). The third-order valence-corrected chi connectivity index (χ3v) is 1.91. The molecular formula is C6H10BrN3O. The van der Waals surface area contributed by atoms with Crippen LogP contribution in [0.5, 0.6) is 0 Å². The molecule has 1 heterocycles. The molecule has 11 heavy (non-hydrogen) atoms. The summed E-state index contributed by atoms with van der Waals surface area (Å²) in [6.07, 6.45) is 0. The number of nitrogens with one attached hydrogen (secondary N) is 2. The van der Waals surface area contributed by atoms with Crippen molar-refractivity contribution in [1.29, 1.82) is 10.8 Å². The van der Waals surface area contributed by atoms with E-state index in [-0.39, 0.29) is 10.5 Å². The van der Waals surface area contributed by atoms with Crippen LogP contribution < -0.4 is 0 Å². The van der Waals surface area contributed by atoms with E-state index in [0.717, 1.165) is 0 Å². The topological polar surface area (TPSA) is 60.2 Å². The van der Waals surface area contributed by atoms with Crippen molar-refractivity contribution < 1.29 is 4.74 Å². The van der Waals surface area contributed by atoms with Gasteiger partial charge in [-0.15, -0.1) is 0 Å². The van der Waals surface area contributed by atoms with Gasteiger partial charge in [0, 0.05) is 13.1 Å². The first-order chi connectivity index (χ1) is 5.22. The number of nitrogens with zero attached hydrogens (tertiary/aromatic N) is 1. The first-order valence-electron chi connectivity index (χ1n) is 3.37. The molecule has 4 nitrogen and oxygen atoms in total. The molecule has 1 aliphatic heterocycles. The van der Waals surface area contributed by atoms with E-state index in [1.807, 2.05) is 4.90 Å². The SMILES string of the molecule is N=C(Br)C(=N)N1CCOCC1. The van der Waals surface area contributed by atoms with E-state index < -0.39 is 0 Å². The smallest absolute Gasteiger partial charge is 0.153 e. The Bertz CT molecular complexity index is 177. The Morgan fingerprint density at radius 3 is 2.27 bits per heavy atom. The molecule has 62 valence electrons. The molecule has 0 aliphatic carbocycles. The summed E-state index contributed by atoms with van der Waals surface area (Å²) in [5.41, 5.74) is 0. The maximum atomic E-state index is 7.44. The summed E-state index contributed by atoms with van der Waals surface area (Å²) < 4.78 is 5.24. The first kappa shape index (κ1) is 8.67. The summed E-state index contributed by atoms with van der Waals surface area (Å²) in [6.45, 7) is 2.74. The van der Waals surface area contributed by atoms with E-state index in [4.69, 9.17) is 15.6 Å². The summed E-state index contributed by atoms with van der Waals surface area (Å²) >= 11 is 2.95. The van der Waals surface area contributed by atoms with Crippen LogP contribution in [0.15, 0.2) is 0 Å². The summed E-state index contributed by atoms with van der Waals surface area (Å²) in [4.78, 5) is 1.82. The van der Waals surface area contributed by atoms with Gasteiger partial charge in [-0.05, 0) is 15.9 Å². The van der Waals surface area contributed by atoms with Crippen LogP contribution in [-0.4, -0.2) is 41.7 Å². The van der Waals surface area contributed by atoms with Gasteiger partial charge in [-0.3, -0.25) is 10.8 Å². The maximum Gasteiger partial charge on any atom is 0.153 e. The molecule has 0 amide bonds. The molecule has 5 heteroatoms. The van der Waals surface area contributed by atoms with Crippen LogP contribution in [0.3, 0.4) is 0 Å². The van der Waals surface area contributed by atoms with Gasteiger partial charge in [0.25, 0.3) is 0 Å². The van der Waals surface area contributed by atoms with Crippen LogP contribution in [0.1, 0.15) is 0 Å². The van der Waals surface area contributed by atoms with Crippen molar-refractivity contribution in [3.05, 3.63) is 0 Å². The lowest BCUT2D eigenvalue weighted by molar-refractivity contribution is 0.0686. The Kier molecular flexibility index (Phi) is 3.02. The van der Waals surface area contributed by atoms with Crippen molar-refractivity contribution in [3.8, 4) is 0 Å². The van der Waals surface area contributed by atoms with Crippen molar-refractivity contribution in [2.45, 2.75) is 0 Å². The third-order valence-electron chi connectivity index (χ3n) is 1.54. The zero-order valence-electron chi connectivity index (χ0n) is 6.06. The summed E-state index contributed by atoms with van der Waals surface area (Å²) in [5, 5.41) is 14.6. The molecule has 1 fully saturated rings. The second-order valence-corrected chi connectivity index (χ2v) is 3.06. The lowest BCUT2D eigenvalue weighted by Crippen LogP contribution is -2.42. The Morgan fingerprint density at radius 1 is 1.27 bits per heavy atom. The monoisotopic (exact) mass is 219 g/mol. The number of halogens is 1. The predicted molar refractivity (Wildman–Crippen MR) is 46.8 cm³/mol. The fourth-order valence-corrected chi connectivity index (χ4v) is 1.18. The fourth-order valence-electron chi connectivity index (χ4n) is 0.926. The second kappa shape index (κ2) is 3.82. The average Bonchev–Trinajstić information content (AvgIpc) is 2.05. The van der Waals surface area contributed by atoms with Gasteiger partial charge in [-0.25, -0.2) is 0 Å². The van der Waals surface area contributed by atoms with Crippen LogP contribution in [0.4, 0.5) is 0 Å². The van der Waals surface area contributed by atoms with Gasteiger partial charge in [-0.1, -0.05) is 0 Å². The second-order valence-electron chi connectivity index (χ2n) is 2.26. The molecule has 0 atom stereocenters. The van der Waals surface area contributed by atoms with Gasteiger partial charge in [0.05, 0.1) is 13.2 Å². The molecular weight excluding hydrogens is 210 g/mol. The fraction of sp³-hybridized carbons (Fsp3) is 0.667. The normalized spacial score (nSPS) is 18.1. The van der Waals surface area contributed by atoms with Gasteiger partial charge < -0.3 is 9.64 Å². The minimum Gasteiger partial charge on any atom is -0.378 e. The predicted octanol–water partition coefficient (Wildman–Crippen LogP) is 0.668. The van der Waals surface area contributed by atoms with E-state index in [1.165, 1.54) is 0 Å². The van der Waals surface area contributed by atoms with Crippen molar-refractivity contribution in [2.75, 3.05) is 26.3 Å². The van der Waals surface area contributed by atoms with Crippen molar-refractivity contribution >= 4 is 26.4 Å². The molecule has 1 saturated heterocycles. The summed E-state index contributed by atoms with van der Waals surface area (Å²) in [7, 11) is 0. The molecule has 0 saturated carbocycles. The van der Waals surface area contributed by atoms with Crippen LogP contribution in [0.25, 0.3) is 0 Å². The molecule has 2 N–H and O–H groups in total. The molecule has 0 aromatic carbocycles. The Balaban J connectivity index is 2.45. The largest absolute Gasteiger partial charge is 0.378 e. The number of amidine groups is 1. The zero-order chi connectivity index (χ0) is 8.27. The molecule has 0 bridgehead atoms. The number of hydrogen-bond acceptors (Lipinski definition) is 3. The van der Waals surface area contributed by atoms with E-state index >= 15 is 0 Å². The van der Waals surface area contributed by atoms with E-state index in [2.05, 4.69) is 15.9 Å². The highest BCUT2D eigenvalue weighted by molar-refractivity contribution is 9.19. The van der Waals surface area contributed by atoms with Crippen molar-refractivity contribution in [3.63, 3.8) is 0 Å². The quantitative estimate of drug-likeness (QED) is 0.504. The molecule has 1 aliphatic rings. The standard InChI is InChI=1S/C6H10BrN3O/c7-5(8)6(9)10-1-3-11-4-2-10/h8-9H,1-4H2. The Hall–Kier alpha value is -0.420. The van der Waals surface area contributed by atoms with Crippen LogP contribution in [0, 0.1) is 10.8 Å². The average molecular weight is 220 g/mol. The van der Waals surface area contributed by atoms with Crippen LogP contribution >= 0.6 is 15.9 Å². The highest BCUT2D eigenvalue weighted by atomic mass is 79.9. The minimum atomic E-state index is 0.138. The summed E-state index contributed by atoms with van der Waals surface area (Å²) in [6, 6.07) is 0. The Labute approximate surface area is 73.7 Å². The highest BCUT2D eigenvalue weighted by Crippen LogP contribution is 2.00. The van der Waals surface area contributed by atoms with Gasteiger partial charge in [0.1, 0.15) is 4.62 Å². The van der Waals surface area contributed by atoms with E-state index in [1.54, 1.807) is 0 Å². The van der Waals surface area contributed by atoms with Crippen LogP contribution in [-0.2, 0) is 4.74 Å². The third kappa shape index (κ3) is 2.27. The molecule has 0 spiro atoms. The van der Waals surface area contributed by atoms with Gasteiger partial charge in [0.15, 0.2) is 5.84 Å². The first-order valence-corrected chi connectivity index (χ1v) is 4.17. The Morgan fingerprint density at radius 2 is 1.82 bits per heavy atom. The zero-order valence-corrected chi connectivity index (χ0v) is 7.65. The number of rotatable bonds is 1. The van der Waals surface area contributed by atoms with E-state index in [9.17, 15) is 0 Å². The van der Waals surface area contributed by atoms with Gasteiger partial charge in [0.2, 0.25) is 0 Å². The lowest BCUT2D eigenvalue weighted by Gasteiger charge is -2.27. The lowest BCUT2D eigenvalue weighted by atomic mass is 10.4. The van der Waals surface area contributed by atoms with E-state index in [0.29, 0.717) is 26.3 Å². The number of hydrogen-bond donors (Lipinski definition) is 2. The maximum absolute atomic E-state index is 7.44. The summed E-state index contributed by atoms with van der Waals surface area (Å²) in [5.74, 6) is 0.244. The highest BCUT2D eigenvalue weighted by Gasteiger charge is 2.15. The number of morpholine rings is 1. The molecule has 0 aromatic rings. The number of ether oxygens (including phenoxy) is 1. The molecule has 0 unspecified atom stereocenters. The van der Waals surface area contributed by atoms with Crippen LogP contribution in [0.2, 0.25) is 0 Å².